The van der Waals surface area contributed by atoms with Crippen molar-refractivity contribution in [2.75, 3.05) is 6.54 Å². The average molecular weight is 358 g/mol. The highest BCUT2D eigenvalue weighted by Gasteiger charge is 2.20. The van der Waals surface area contributed by atoms with Gasteiger partial charge >= 0.3 is 0 Å². The molecule has 0 fully saturated rings. The van der Waals surface area contributed by atoms with Gasteiger partial charge in [-0.3, -0.25) is 4.79 Å². The molecule has 0 bridgehead atoms. The molecule has 2 aromatic heterocycles. The van der Waals surface area contributed by atoms with Gasteiger partial charge in [-0.05, 0) is 29.8 Å². The molecule has 3 N–H and O–H groups in total. The summed E-state index contributed by atoms with van der Waals surface area (Å²) in [6, 6.07) is 18.8. The molecule has 0 saturated carbocycles. The Kier molecular flexibility index (Phi) is 5.80. The monoisotopic (exact) mass is 357 g/mol. The standard InChI is InChI=1S/C19H20N2OS2/c1-14(16-9-5-11-23-16)21-18(22)13-20-19(17-10-6-12-24-17)15-7-3-2-4-8-15/h2-12,14,19-20H,13H2,1H3,(H,21,22)/p+1/t14-,19-/m0/s1. The smallest absolute Gasteiger partial charge is 0.275 e. The minimum Gasteiger partial charge on any atom is -0.344 e. The van der Waals surface area contributed by atoms with Crippen LogP contribution < -0.4 is 10.6 Å². The summed E-state index contributed by atoms with van der Waals surface area (Å²) < 4.78 is 0. The number of hydrogen-bond acceptors (Lipinski definition) is 3. The van der Waals surface area contributed by atoms with Crippen LogP contribution in [0.1, 0.15) is 34.3 Å². The lowest BCUT2D eigenvalue weighted by atomic mass is 10.1. The van der Waals surface area contributed by atoms with Crippen LogP contribution in [0.3, 0.4) is 0 Å². The fourth-order valence-electron chi connectivity index (χ4n) is 2.68. The van der Waals surface area contributed by atoms with E-state index in [1.165, 1.54) is 15.3 Å². The van der Waals surface area contributed by atoms with Crippen LogP contribution in [0.2, 0.25) is 0 Å². The van der Waals surface area contributed by atoms with Gasteiger partial charge in [-0.1, -0.05) is 42.5 Å². The average Bonchev–Trinajstić information content (AvgIpc) is 3.30. The van der Waals surface area contributed by atoms with E-state index in [-0.39, 0.29) is 18.0 Å². The van der Waals surface area contributed by atoms with E-state index in [4.69, 9.17) is 0 Å². The van der Waals surface area contributed by atoms with Crippen LogP contribution in [0, 0.1) is 0 Å². The molecule has 0 aliphatic carbocycles. The molecule has 3 nitrogen and oxygen atoms in total. The molecule has 0 aliphatic rings. The van der Waals surface area contributed by atoms with Crippen molar-refractivity contribution in [3.63, 3.8) is 0 Å². The molecular formula is C19H21N2OS2+. The first-order valence-electron chi connectivity index (χ1n) is 7.98. The van der Waals surface area contributed by atoms with Gasteiger partial charge in [0.25, 0.3) is 5.91 Å². The molecule has 124 valence electrons. The van der Waals surface area contributed by atoms with Crippen LogP contribution in [0.5, 0.6) is 0 Å². The van der Waals surface area contributed by atoms with Crippen LogP contribution in [-0.4, -0.2) is 12.5 Å². The lowest BCUT2D eigenvalue weighted by molar-refractivity contribution is -0.676. The van der Waals surface area contributed by atoms with E-state index in [2.05, 4.69) is 46.3 Å². The van der Waals surface area contributed by atoms with Crippen LogP contribution >= 0.6 is 22.7 Å². The van der Waals surface area contributed by atoms with E-state index in [1.807, 2.05) is 36.6 Å². The number of rotatable bonds is 7. The molecule has 0 unspecified atom stereocenters. The summed E-state index contributed by atoms with van der Waals surface area (Å²) in [7, 11) is 0. The highest BCUT2D eigenvalue weighted by atomic mass is 32.1. The van der Waals surface area contributed by atoms with E-state index >= 15 is 0 Å². The van der Waals surface area contributed by atoms with Crippen molar-refractivity contribution in [1.82, 2.24) is 5.32 Å². The summed E-state index contributed by atoms with van der Waals surface area (Å²) in [5.41, 5.74) is 1.22. The number of benzene rings is 1. The summed E-state index contributed by atoms with van der Waals surface area (Å²) in [5, 5.41) is 9.30. The Labute approximate surface area is 150 Å². The number of quaternary nitrogens is 1. The second-order valence-electron chi connectivity index (χ2n) is 5.65. The van der Waals surface area contributed by atoms with E-state index in [0.717, 1.165) is 0 Å². The first-order valence-corrected chi connectivity index (χ1v) is 9.74. The Morgan fingerprint density at radius 2 is 1.67 bits per heavy atom. The summed E-state index contributed by atoms with van der Waals surface area (Å²) in [6.07, 6.45) is 0. The third-order valence-electron chi connectivity index (χ3n) is 3.89. The van der Waals surface area contributed by atoms with Crippen LogP contribution in [0.25, 0.3) is 0 Å². The molecule has 24 heavy (non-hydrogen) atoms. The number of thiophene rings is 2. The third kappa shape index (κ3) is 4.32. The van der Waals surface area contributed by atoms with Crippen LogP contribution in [-0.2, 0) is 4.79 Å². The van der Waals surface area contributed by atoms with Crippen molar-refractivity contribution in [3.05, 3.63) is 80.7 Å². The van der Waals surface area contributed by atoms with Crippen molar-refractivity contribution >= 4 is 28.6 Å². The fraction of sp³-hybridized carbons (Fsp3) is 0.211. The minimum atomic E-state index is 0.0582. The van der Waals surface area contributed by atoms with Gasteiger partial charge in [-0.15, -0.1) is 22.7 Å². The summed E-state index contributed by atoms with van der Waals surface area (Å²) in [6.45, 7) is 2.44. The Balaban J connectivity index is 1.62. The predicted molar refractivity (Wildman–Crippen MR) is 100 cm³/mol. The van der Waals surface area contributed by atoms with Crippen LogP contribution in [0.15, 0.2) is 65.4 Å². The van der Waals surface area contributed by atoms with Gasteiger partial charge in [-0.2, -0.15) is 0 Å². The van der Waals surface area contributed by atoms with E-state index < -0.39 is 0 Å². The zero-order chi connectivity index (χ0) is 16.8. The highest BCUT2D eigenvalue weighted by molar-refractivity contribution is 7.10. The molecule has 1 aromatic carbocycles. The molecule has 0 radical (unpaired) electrons. The van der Waals surface area contributed by atoms with Gasteiger partial charge in [0, 0.05) is 10.4 Å². The van der Waals surface area contributed by atoms with Gasteiger partial charge in [0.05, 0.1) is 10.9 Å². The number of amides is 1. The molecule has 3 rings (SSSR count). The minimum absolute atomic E-state index is 0.0582. The van der Waals surface area contributed by atoms with Crippen molar-refractivity contribution in [2.45, 2.75) is 19.0 Å². The Morgan fingerprint density at radius 1 is 1.00 bits per heavy atom. The predicted octanol–water partition coefficient (Wildman–Crippen LogP) is 3.34. The maximum Gasteiger partial charge on any atom is 0.275 e. The molecule has 0 aliphatic heterocycles. The number of hydrogen-bond donors (Lipinski definition) is 2. The molecule has 1 amide bonds. The highest BCUT2D eigenvalue weighted by Crippen LogP contribution is 2.22. The normalized spacial score (nSPS) is 13.4. The molecular weight excluding hydrogens is 336 g/mol. The van der Waals surface area contributed by atoms with E-state index in [1.54, 1.807) is 22.7 Å². The Bertz CT molecular complexity index is 739. The lowest BCUT2D eigenvalue weighted by Gasteiger charge is -2.16. The van der Waals surface area contributed by atoms with Crippen molar-refractivity contribution in [1.29, 1.82) is 0 Å². The van der Waals surface area contributed by atoms with Crippen molar-refractivity contribution in [2.24, 2.45) is 0 Å². The number of carbonyl (C=O) groups excluding carboxylic acids is 1. The Hall–Kier alpha value is -1.95. The number of nitrogens with two attached hydrogens (primary N) is 1. The van der Waals surface area contributed by atoms with Crippen molar-refractivity contribution in [3.8, 4) is 0 Å². The van der Waals surface area contributed by atoms with Gasteiger partial charge < -0.3 is 10.6 Å². The quantitative estimate of drug-likeness (QED) is 0.669. The number of nitrogens with one attached hydrogen (secondary N) is 1. The van der Waals surface area contributed by atoms with E-state index in [9.17, 15) is 4.79 Å². The summed E-state index contributed by atoms with van der Waals surface area (Å²) in [5.74, 6) is 0.0633. The topological polar surface area (TPSA) is 45.7 Å². The molecule has 2 atom stereocenters. The first-order chi connectivity index (χ1) is 11.7. The van der Waals surface area contributed by atoms with Gasteiger partial charge in [-0.25, -0.2) is 0 Å². The van der Waals surface area contributed by atoms with E-state index in [0.29, 0.717) is 6.54 Å². The maximum absolute atomic E-state index is 12.3. The van der Waals surface area contributed by atoms with Gasteiger partial charge in [0.15, 0.2) is 6.54 Å². The molecule has 2 heterocycles. The Morgan fingerprint density at radius 3 is 2.29 bits per heavy atom. The second kappa shape index (κ2) is 8.24. The van der Waals surface area contributed by atoms with Crippen molar-refractivity contribution < 1.29 is 10.1 Å². The fourth-order valence-corrected chi connectivity index (χ4v) is 4.26. The SMILES string of the molecule is C[C@H](NC(=O)C[NH2+][C@@H](c1ccccc1)c1cccs1)c1cccs1. The zero-order valence-electron chi connectivity index (χ0n) is 13.5. The lowest BCUT2D eigenvalue weighted by Crippen LogP contribution is -2.87. The molecule has 3 aromatic rings. The molecule has 0 spiro atoms. The number of carbonyl (C=O) groups is 1. The molecule has 0 saturated heterocycles. The third-order valence-corrected chi connectivity index (χ3v) is 5.91. The maximum atomic E-state index is 12.3. The first kappa shape index (κ1) is 16.9. The zero-order valence-corrected chi connectivity index (χ0v) is 15.1. The molecule has 5 heteroatoms. The van der Waals surface area contributed by atoms with Gasteiger partial charge in [0.2, 0.25) is 0 Å². The van der Waals surface area contributed by atoms with Gasteiger partial charge in [0.1, 0.15) is 6.04 Å². The van der Waals surface area contributed by atoms with Crippen LogP contribution in [0.4, 0.5) is 0 Å². The summed E-state index contributed by atoms with van der Waals surface area (Å²) >= 11 is 3.40. The largest absolute Gasteiger partial charge is 0.344 e. The summed E-state index contributed by atoms with van der Waals surface area (Å²) in [4.78, 5) is 14.8. The second-order valence-corrected chi connectivity index (χ2v) is 7.61.